The van der Waals surface area contributed by atoms with Gasteiger partial charge in [-0.25, -0.2) is 9.47 Å². The molecule has 6 nitrogen and oxygen atoms in total. The first-order valence-electron chi connectivity index (χ1n) is 12.0. The van der Waals surface area contributed by atoms with E-state index in [0.717, 1.165) is 33.1 Å². The number of thiazole rings is 1. The number of benzene rings is 3. The first-order chi connectivity index (χ1) is 17.3. The number of hydrogen-bond acceptors (Lipinski definition) is 5. The number of carbonyl (C=O) groups is 1. The van der Waals surface area contributed by atoms with E-state index in [-0.39, 0.29) is 11.8 Å². The summed E-state index contributed by atoms with van der Waals surface area (Å²) in [5.41, 5.74) is 3.59. The summed E-state index contributed by atoms with van der Waals surface area (Å²) < 4.78 is 8.39. The maximum absolute atomic E-state index is 14.0. The molecule has 1 N–H and O–H groups in total. The Kier molecular flexibility index (Phi) is 5.09. The molecule has 182 valence electrons. The van der Waals surface area contributed by atoms with Crippen LogP contribution in [-0.4, -0.2) is 18.7 Å². The molecule has 2 bridgehead atoms. The second-order valence-corrected chi connectivity index (χ2v) is 10.7. The molecule has 0 radical (unpaired) electrons. The number of fused-ring (bicyclic) bond motifs is 6. The molecule has 0 saturated heterocycles. The summed E-state index contributed by atoms with van der Waals surface area (Å²) in [6, 6.07) is 22.9. The minimum Gasteiger partial charge on any atom is -0.841 e. The van der Waals surface area contributed by atoms with Crippen molar-refractivity contribution in [1.82, 2.24) is 0 Å². The van der Waals surface area contributed by atoms with Crippen LogP contribution in [-0.2, 0) is 4.79 Å². The van der Waals surface area contributed by atoms with Crippen molar-refractivity contribution in [1.29, 1.82) is 0 Å². The number of ether oxygens (including phenoxy) is 1. The van der Waals surface area contributed by atoms with Gasteiger partial charge in [0.2, 0.25) is 5.91 Å². The van der Waals surface area contributed by atoms with Crippen molar-refractivity contribution in [3.8, 4) is 22.1 Å². The van der Waals surface area contributed by atoms with Crippen molar-refractivity contribution in [3.63, 3.8) is 0 Å². The second kappa shape index (κ2) is 8.10. The highest BCUT2D eigenvalue weighted by molar-refractivity contribution is 7.18. The smallest absolute Gasteiger partial charge is 0.339 e. The van der Waals surface area contributed by atoms with Gasteiger partial charge in [-0.2, -0.15) is 0 Å². The Morgan fingerprint density at radius 1 is 1.08 bits per heavy atom. The minimum atomic E-state index is -0.993. The molecule has 3 aromatic carbocycles. The first-order valence-corrected chi connectivity index (χ1v) is 12.8. The number of para-hydroxylation sites is 1. The highest BCUT2D eigenvalue weighted by Crippen LogP contribution is 2.53. The highest BCUT2D eigenvalue weighted by Gasteiger charge is 2.64. The molecule has 0 saturated carbocycles. The van der Waals surface area contributed by atoms with Gasteiger partial charge in [-0.3, -0.25) is 4.79 Å². The van der Waals surface area contributed by atoms with Crippen molar-refractivity contribution in [3.05, 3.63) is 89.5 Å². The van der Waals surface area contributed by atoms with Crippen molar-refractivity contribution in [2.45, 2.75) is 32.5 Å². The predicted molar refractivity (Wildman–Crippen MR) is 139 cm³/mol. The molecular weight excluding hydrogens is 470 g/mol. The van der Waals surface area contributed by atoms with Crippen LogP contribution in [0.15, 0.2) is 72.8 Å². The topological polar surface area (TPSA) is 68.5 Å². The van der Waals surface area contributed by atoms with Gasteiger partial charge >= 0.3 is 5.13 Å². The van der Waals surface area contributed by atoms with Gasteiger partial charge in [-0.1, -0.05) is 66.2 Å². The maximum Gasteiger partial charge on any atom is 0.339 e. The predicted octanol–water partition coefficient (Wildman–Crippen LogP) is 4.80. The molecule has 2 aliphatic rings. The number of nitrogens with zero attached hydrogens (tertiary/aromatic N) is 2. The number of nitrogens with one attached hydrogen (secondary N) is 1. The lowest BCUT2D eigenvalue weighted by Gasteiger charge is -2.49. The van der Waals surface area contributed by atoms with Gasteiger partial charge in [-0.05, 0) is 48.4 Å². The van der Waals surface area contributed by atoms with Crippen molar-refractivity contribution < 1.29 is 19.2 Å². The third-order valence-corrected chi connectivity index (χ3v) is 8.72. The van der Waals surface area contributed by atoms with Gasteiger partial charge < -0.3 is 15.2 Å². The number of hydrogen-bond donors (Lipinski definition) is 1. The van der Waals surface area contributed by atoms with Crippen LogP contribution in [0.2, 0.25) is 0 Å². The molecule has 3 heterocycles. The lowest BCUT2D eigenvalue weighted by atomic mass is 9.79. The summed E-state index contributed by atoms with van der Waals surface area (Å²) in [6.07, 6.45) is 0. The van der Waals surface area contributed by atoms with Crippen molar-refractivity contribution >= 4 is 28.1 Å². The molecule has 4 aromatic rings. The van der Waals surface area contributed by atoms with Gasteiger partial charge in [0.15, 0.2) is 5.92 Å². The molecule has 0 fully saturated rings. The average Bonchev–Trinajstić information content (AvgIpc) is 3.21. The van der Waals surface area contributed by atoms with E-state index in [1.807, 2.05) is 106 Å². The zero-order valence-corrected chi connectivity index (χ0v) is 21.4. The molecule has 6 rings (SSSR count). The lowest BCUT2D eigenvalue weighted by molar-refractivity contribution is -0.747. The molecule has 1 aromatic heterocycles. The van der Waals surface area contributed by atoms with E-state index in [1.54, 1.807) is 4.57 Å². The second-order valence-electron chi connectivity index (χ2n) is 9.74. The van der Waals surface area contributed by atoms with Gasteiger partial charge in [0, 0.05) is 18.2 Å². The van der Waals surface area contributed by atoms with Gasteiger partial charge in [0.25, 0.3) is 5.72 Å². The third-order valence-electron chi connectivity index (χ3n) is 7.45. The van der Waals surface area contributed by atoms with E-state index in [0.29, 0.717) is 10.6 Å². The van der Waals surface area contributed by atoms with Crippen LogP contribution < -0.4 is 24.6 Å². The van der Waals surface area contributed by atoms with E-state index in [4.69, 9.17) is 4.74 Å². The maximum atomic E-state index is 14.0. The number of carbonyl (C=O) groups excluding carboxylic acids is 1. The zero-order chi connectivity index (χ0) is 25.2. The number of anilines is 2. The molecule has 0 spiro atoms. The largest absolute Gasteiger partial charge is 0.841 e. The Labute approximate surface area is 214 Å². The molecule has 1 amide bonds. The van der Waals surface area contributed by atoms with E-state index in [9.17, 15) is 9.90 Å². The summed E-state index contributed by atoms with van der Waals surface area (Å²) >= 11 is 1.44. The summed E-state index contributed by atoms with van der Waals surface area (Å²) in [5.74, 6) is -0.249. The molecule has 2 aliphatic heterocycles. The van der Waals surface area contributed by atoms with E-state index >= 15 is 0 Å². The van der Waals surface area contributed by atoms with Crippen molar-refractivity contribution in [2.75, 3.05) is 17.3 Å². The fraction of sp³-hybridized carbons (Fsp3) is 0.241. The number of aromatic nitrogens is 1. The van der Waals surface area contributed by atoms with Gasteiger partial charge in [0.05, 0.1) is 17.8 Å². The Morgan fingerprint density at radius 3 is 2.56 bits per heavy atom. The van der Waals surface area contributed by atoms with Crippen LogP contribution >= 0.6 is 11.3 Å². The molecule has 36 heavy (non-hydrogen) atoms. The number of aryl methyl sites for hydroxylation is 2. The number of rotatable bonds is 3. The lowest BCUT2D eigenvalue weighted by Crippen LogP contribution is -2.71. The van der Waals surface area contributed by atoms with Crippen LogP contribution in [0, 0.1) is 19.8 Å². The molecule has 3 unspecified atom stereocenters. The normalized spacial score (nSPS) is 21.8. The number of amides is 1. The van der Waals surface area contributed by atoms with Gasteiger partial charge in [0.1, 0.15) is 11.8 Å². The van der Waals surface area contributed by atoms with Crippen LogP contribution in [0.4, 0.5) is 10.8 Å². The Balaban J connectivity index is 1.54. The minimum absolute atomic E-state index is 0.0962. The van der Waals surface area contributed by atoms with Gasteiger partial charge in [-0.15, -0.1) is 0 Å². The quantitative estimate of drug-likeness (QED) is 0.413. The molecule has 7 heteroatoms. The molecule has 3 atom stereocenters. The van der Waals surface area contributed by atoms with Crippen molar-refractivity contribution in [2.24, 2.45) is 5.92 Å². The standard InChI is InChI=1S/C29H27N3O3S/c1-17-14-15-21(18(2)16-17)30-26(33)23-24-20-12-8-9-13-22(20)35-29(23,3)31(4)28-32(24)27(34)25(36-28)19-10-6-5-7-11-19/h5-16,23-24H,1-4H3,(H-,30,33,34). The van der Waals surface area contributed by atoms with E-state index in [1.165, 1.54) is 11.3 Å². The molecule has 0 aliphatic carbocycles. The van der Waals surface area contributed by atoms with E-state index in [2.05, 4.69) is 5.32 Å². The average molecular weight is 498 g/mol. The molecular formula is C29H27N3O3S. The SMILES string of the molecule is Cc1ccc(NC(=O)C2C3c4ccccc4OC2(C)N(C)c2sc(-c4ccccc4)c([O-])[n+]23)c(C)c1. The zero-order valence-electron chi connectivity index (χ0n) is 20.6. The van der Waals surface area contributed by atoms with Crippen LogP contribution in [0.5, 0.6) is 11.6 Å². The highest BCUT2D eigenvalue weighted by atomic mass is 32.1. The summed E-state index contributed by atoms with van der Waals surface area (Å²) in [6.45, 7) is 5.95. The first kappa shape index (κ1) is 22.6. The fourth-order valence-electron chi connectivity index (χ4n) is 5.51. The summed E-state index contributed by atoms with van der Waals surface area (Å²) in [5, 5.41) is 17.9. The van der Waals surface area contributed by atoms with Crippen LogP contribution in [0.3, 0.4) is 0 Å². The summed E-state index contributed by atoms with van der Waals surface area (Å²) in [4.78, 5) is 16.6. The Morgan fingerprint density at radius 2 is 1.81 bits per heavy atom. The Hall–Kier alpha value is -3.84. The summed E-state index contributed by atoms with van der Waals surface area (Å²) in [7, 11) is 1.90. The van der Waals surface area contributed by atoms with Crippen LogP contribution in [0.25, 0.3) is 10.4 Å². The fourth-order valence-corrected chi connectivity index (χ4v) is 6.75. The third kappa shape index (κ3) is 3.23. The Bertz CT molecular complexity index is 1500. The van der Waals surface area contributed by atoms with E-state index < -0.39 is 17.7 Å². The monoisotopic (exact) mass is 497 g/mol. The van der Waals surface area contributed by atoms with Crippen LogP contribution in [0.1, 0.15) is 29.7 Å².